The van der Waals surface area contributed by atoms with Gasteiger partial charge in [0.15, 0.2) is 28.8 Å². The van der Waals surface area contributed by atoms with Crippen molar-refractivity contribution < 1.29 is 50.2 Å². The summed E-state index contributed by atoms with van der Waals surface area (Å²) in [6.45, 7) is 0. The Labute approximate surface area is 236 Å². The van der Waals surface area contributed by atoms with Crippen LogP contribution in [0.3, 0.4) is 0 Å². The van der Waals surface area contributed by atoms with Crippen molar-refractivity contribution in [2.45, 2.75) is 0 Å². The Morgan fingerprint density at radius 3 is 1.69 bits per heavy atom. The molecule has 0 unspecified atom stereocenters. The molecule has 0 aliphatic heterocycles. The van der Waals surface area contributed by atoms with Crippen molar-refractivity contribution in [2.75, 3.05) is 0 Å². The van der Waals surface area contributed by atoms with Crippen LogP contribution in [0.15, 0.2) is 87.9 Å². The van der Waals surface area contributed by atoms with Crippen LogP contribution in [0, 0.1) is 0 Å². The molecule has 4 rings (SSSR count). The van der Waals surface area contributed by atoms with E-state index in [-0.39, 0.29) is 22.7 Å². The second-order valence-electron chi connectivity index (χ2n) is 7.41. The van der Waals surface area contributed by atoms with E-state index in [1.54, 1.807) is 47.4 Å². The molecule has 0 fully saturated rings. The number of rotatable bonds is 6. The van der Waals surface area contributed by atoms with Crippen LogP contribution < -0.4 is 4.18 Å². The zero-order valence-electron chi connectivity index (χ0n) is 20.6. The summed E-state index contributed by atoms with van der Waals surface area (Å²) in [4.78, 5) is 38.5. The minimum Gasteiger partial charge on any atom is -0.504 e. The summed E-state index contributed by atoms with van der Waals surface area (Å²) < 4.78 is 57.4. The van der Waals surface area contributed by atoms with Gasteiger partial charge in [0.1, 0.15) is 0 Å². The van der Waals surface area contributed by atoms with Gasteiger partial charge in [-0.3, -0.25) is 18.9 Å². The smallest absolute Gasteiger partial charge is 0.403 e. The van der Waals surface area contributed by atoms with Crippen molar-refractivity contribution in [3.8, 4) is 17.2 Å². The second-order valence-corrected chi connectivity index (χ2v) is 9.66. The molecule has 0 spiro atoms. The molecule has 42 heavy (non-hydrogen) atoms. The molecule has 3 aromatic carbocycles. The van der Waals surface area contributed by atoms with Crippen LogP contribution in [0.2, 0.25) is 0 Å². The largest absolute Gasteiger partial charge is 0.504 e. The van der Waals surface area contributed by atoms with E-state index in [2.05, 4.69) is 13.6 Å². The molecule has 0 saturated carbocycles. The molecule has 1 aliphatic rings. The number of fused-ring (bicyclic) bond motifs is 1. The minimum atomic E-state index is -4.66. The zero-order chi connectivity index (χ0) is 31.5. The first-order valence-corrected chi connectivity index (χ1v) is 13.5. The number of carbonyl (C=O) groups excluding carboxylic acids is 3. The number of azide groups is 2. The third-order valence-electron chi connectivity index (χ3n) is 4.71. The van der Waals surface area contributed by atoms with Crippen molar-refractivity contribution in [1.29, 1.82) is 0 Å². The van der Waals surface area contributed by atoms with E-state index in [1.807, 2.05) is 4.52 Å². The van der Waals surface area contributed by atoms with Gasteiger partial charge >= 0.3 is 20.6 Å². The van der Waals surface area contributed by atoms with Crippen molar-refractivity contribution in [2.24, 2.45) is 9.04 Å². The SMILES string of the molecule is O=C1C=CC(=O)c2ccccc21.[N-]=[N+]=NS(=O)(=O)O.[N-]=[N+]=NS(=O)(=O)Oc1ccc(C(=O)c2ccccc2)c(O)c1O. The molecule has 0 radical (unpaired) electrons. The molecule has 19 heteroatoms. The van der Waals surface area contributed by atoms with Crippen LogP contribution in [-0.4, -0.2) is 49.0 Å². The van der Waals surface area contributed by atoms with Gasteiger partial charge in [-0.1, -0.05) is 54.6 Å². The number of carbonyl (C=O) groups is 3. The summed E-state index contributed by atoms with van der Waals surface area (Å²) in [5.41, 5.74) is 16.4. The molecular weight excluding hydrogens is 600 g/mol. The average molecular weight is 617 g/mol. The Kier molecular flexibility index (Phi) is 10.9. The van der Waals surface area contributed by atoms with Gasteiger partial charge in [-0.2, -0.15) is 16.8 Å². The van der Waals surface area contributed by atoms with E-state index in [0.717, 1.165) is 12.1 Å². The summed E-state index contributed by atoms with van der Waals surface area (Å²) in [6, 6.07) is 16.8. The van der Waals surface area contributed by atoms with Crippen LogP contribution >= 0.6 is 0 Å². The number of ketones is 3. The quantitative estimate of drug-likeness (QED) is 0.0888. The highest BCUT2D eigenvalue weighted by Crippen LogP contribution is 2.39. The maximum absolute atomic E-state index is 12.2. The predicted octanol–water partition coefficient (Wildman–Crippen LogP) is 3.98. The summed E-state index contributed by atoms with van der Waals surface area (Å²) in [7, 11) is -9.12. The van der Waals surface area contributed by atoms with Crippen LogP contribution in [0.25, 0.3) is 20.9 Å². The van der Waals surface area contributed by atoms with Crippen LogP contribution in [-0.2, 0) is 20.6 Å². The fraction of sp³-hybridized carbons (Fsp3) is 0. The van der Waals surface area contributed by atoms with E-state index in [0.29, 0.717) is 11.1 Å². The summed E-state index contributed by atoms with van der Waals surface area (Å²) in [5, 5.41) is 19.7. The fourth-order valence-corrected chi connectivity index (χ4v) is 3.60. The highest BCUT2D eigenvalue weighted by molar-refractivity contribution is 7.85. The first-order valence-electron chi connectivity index (χ1n) is 10.8. The van der Waals surface area contributed by atoms with Gasteiger partial charge in [-0.25, -0.2) is 0 Å². The molecule has 0 heterocycles. The Balaban J connectivity index is 0.000000268. The van der Waals surface area contributed by atoms with E-state index >= 15 is 0 Å². The third kappa shape index (κ3) is 9.19. The van der Waals surface area contributed by atoms with Gasteiger partial charge in [-0.15, -0.1) is 0 Å². The number of hydrogen-bond acceptors (Lipinski definition) is 10. The van der Waals surface area contributed by atoms with Gasteiger partial charge in [0.2, 0.25) is 5.75 Å². The van der Waals surface area contributed by atoms with E-state index < -0.39 is 43.6 Å². The normalized spacial score (nSPS) is 11.6. The Morgan fingerprint density at radius 2 is 1.24 bits per heavy atom. The Bertz CT molecular complexity index is 1840. The summed E-state index contributed by atoms with van der Waals surface area (Å²) in [5.74, 6) is -3.27. The highest BCUT2D eigenvalue weighted by Gasteiger charge is 2.22. The number of aromatic hydroxyl groups is 2. The monoisotopic (exact) mass is 616 g/mol. The first-order chi connectivity index (χ1) is 19.7. The Morgan fingerprint density at radius 1 is 0.738 bits per heavy atom. The maximum Gasteiger partial charge on any atom is 0.403 e. The number of hydrogen-bond donors (Lipinski definition) is 3. The fourth-order valence-electron chi connectivity index (χ4n) is 3.02. The standard InChI is InChI=1S/C13H9N3O6S.C10H6O2.HN3O3S/c14-15-16-23(20,21)22-10-7-6-9(12(18)13(10)19)11(17)8-4-2-1-3-5-8;11-9-5-6-10(12)8-4-2-1-3-7(8)9;1-2-3-7(4,5)6/h1-7,18-19H;1-6H;(H,4,5,6). The molecule has 3 N–H and O–H groups in total. The summed E-state index contributed by atoms with van der Waals surface area (Å²) >= 11 is 0. The van der Waals surface area contributed by atoms with Gasteiger partial charge in [0.25, 0.3) is 0 Å². The van der Waals surface area contributed by atoms with Crippen LogP contribution in [0.5, 0.6) is 17.2 Å². The first kappa shape index (κ1) is 32.5. The van der Waals surface area contributed by atoms with Crippen LogP contribution in [0.4, 0.5) is 0 Å². The molecule has 0 amide bonds. The van der Waals surface area contributed by atoms with E-state index in [4.69, 9.17) is 15.6 Å². The lowest BCUT2D eigenvalue weighted by Gasteiger charge is -2.09. The van der Waals surface area contributed by atoms with Crippen molar-refractivity contribution in [3.05, 3.63) is 122 Å². The van der Waals surface area contributed by atoms with E-state index in [1.165, 1.54) is 24.3 Å². The minimum absolute atomic E-state index is 0.0924. The molecule has 0 atom stereocenters. The van der Waals surface area contributed by atoms with Crippen molar-refractivity contribution in [3.63, 3.8) is 0 Å². The lowest BCUT2D eigenvalue weighted by Crippen LogP contribution is -2.10. The van der Waals surface area contributed by atoms with E-state index in [9.17, 15) is 41.4 Å². The molecular formula is C23H16N6O11S2. The predicted molar refractivity (Wildman–Crippen MR) is 143 cm³/mol. The van der Waals surface area contributed by atoms with Crippen LogP contribution in [0.1, 0.15) is 36.6 Å². The molecule has 3 aromatic rings. The van der Waals surface area contributed by atoms with Gasteiger partial charge < -0.3 is 14.4 Å². The number of phenolic OH excluding ortho intramolecular Hbond substituents is 2. The Hall–Kier alpha value is -5.71. The number of nitrogens with zero attached hydrogens (tertiary/aromatic N) is 6. The highest BCUT2D eigenvalue weighted by atomic mass is 32.2. The van der Waals surface area contributed by atoms with Crippen molar-refractivity contribution in [1.82, 2.24) is 0 Å². The molecule has 17 nitrogen and oxygen atoms in total. The molecule has 1 aliphatic carbocycles. The van der Waals surface area contributed by atoms with Crippen molar-refractivity contribution >= 4 is 38.0 Å². The molecule has 0 bridgehead atoms. The lowest BCUT2D eigenvalue weighted by molar-refractivity contribution is 0.0994. The van der Waals surface area contributed by atoms with Gasteiger partial charge in [0, 0.05) is 26.5 Å². The number of benzene rings is 3. The summed E-state index contributed by atoms with van der Waals surface area (Å²) in [6.07, 6.45) is 2.62. The number of phenols is 2. The molecule has 0 aromatic heterocycles. The molecule has 216 valence electrons. The topological polar surface area (TPSA) is 287 Å². The average Bonchev–Trinajstić information content (AvgIpc) is 2.94. The molecule has 0 saturated heterocycles. The number of allylic oxidation sites excluding steroid dienone is 2. The van der Waals surface area contributed by atoms with Gasteiger partial charge in [0.05, 0.1) is 14.6 Å². The third-order valence-corrected chi connectivity index (χ3v) is 5.65. The zero-order valence-corrected chi connectivity index (χ0v) is 22.2. The van der Waals surface area contributed by atoms with Gasteiger partial charge in [-0.05, 0) is 35.3 Å². The maximum atomic E-state index is 12.2. The second kappa shape index (κ2) is 14.1. The lowest BCUT2D eigenvalue weighted by atomic mass is 9.95.